The molecule has 3 fully saturated rings. The first-order chi connectivity index (χ1) is 21.3. The molecule has 0 aliphatic carbocycles. The maximum Gasteiger partial charge on any atom is 0.314 e. The van der Waals surface area contributed by atoms with E-state index in [2.05, 4.69) is 63.8 Å². The molecule has 3 heterocycles. The molecule has 250 valence electrons. The zero-order valence-electron chi connectivity index (χ0n) is 25.1. The third-order valence-corrected chi connectivity index (χ3v) is 6.37. The van der Waals surface area contributed by atoms with Gasteiger partial charge in [0.25, 0.3) is 0 Å². The van der Waals surface area contributed by atoms with Crippen LogP contribution in [-0.4, -0.2) is 164 Å². The number of hydrogen-bond donors (Lipinski definition) is 12. The molecule has 0 aromatic carbocycles. The number of nitrogens with zero attached hydrogens (tertiary/aromatic N) is 2. The van der Waals surface area contributed by atoms with Crippen LogP contribution in [0.2, 0.25) is 0 Å². The highest BCUT2D eigenvalue weighted by Gasteiger charge is 2.11. The summed E-state index contributed by atoms with van der Waals surface area (Å²) in [6, 6.07) is -2.32. The van der Waals surface area contributed by atoms with Crippen LogP contribution >= 0.6 is 0 Å². The van der Waals surface area contributed by atoms with E-state index in [0.717, 1.165) is 0 Å². The van der Waals surface area contributed by atoms with Crippen LogP contribution in [0.5, 0.6) is 0 Å². The largest absolute Gasteiger partial charge is 0.337 e. The van der Waals surface area contributed by atoms with E-state index in [1.54, 1.807) is 0 Å². The Hall–Kier alpha value is -4.46. The molecular formula is C24H48N14O6. The van der Waals surface area contributed by atoms with E-state index in [-0.39, 0.29) is 75.5 Å². The molecule has 20 heteroatoms. The van der Waals surface area contributed by atoms with Gasteiger partial charge in [-0.15, -0.1) is 0 Å². The molecular weight excluding hydrogens is 580 g/mol. The van der Waals surface area contributed by atoms with Crippen LogP contribution in [0.4, 0.5) is 28.8 Å². The Bertz CT molecular complexity index is 740. The Morgan fingerprint density at radius 3 is 0.545 bits per heavy atom. The topological polar surface area (TPSA) is 253 Å². The van der Waals surface area contributed by atoms with E-state index < -0.39 is 0 Å². The van der Waals surface area contributed by atoms with Crippen LogP contribution in [0.1, 0.15) is 0 Å². The molecule has 12 N–H and O–H groups in total. The third kappa shape index (κ3) is 18.2. The fourth-order valence-corrected chi connectivity index (χ4v) is 4.07. The summed E-state index contributed by atoms with van der Waals surface area (Å²) in [4.78, 5) is 77.0. The van der Waals surface area contributed by atoms with Crippen molar-refractivity contribution in [3.05, 3.63) is 0 Å². The average Bonchev–Trinajstić information content (AvgIpc) is 2.98. The van der Waals surface area contributed by atoms with Gasteiger partial charge in [0, 0.05) is 118 Å². The average molecular weight is 629 g/mol. The van der Waals surface area contributed by atoms with Gasteiger partial charge in [0.2, 0.25) is 0 Å². The fraction of sp³-hybridized carbons (Fsp3) is 0.750. The second kappa shape index (κ2) is 22.1. The molecule has 0 radical (unpaired) electrons. The molecule has 0 aromatic heterocycles. The van der Waals surface area contributed by atoms with Crippen LogP contribution in [0.3, 0.4) is 0 Å². The summed E-state index contributed by atoms with van der Waals surface area (Å²) in [7, 11) is 0. The van der Waals surface area contributed by atoms with Crippen molar-refractivity contribution < 1.29 is 28.8 Å². The third-order valence-electron chi connectivity index (χ3n) is 6.37. The molecule has 0 atom stereocenters. The first kappa shape index (κ1) is 35.7. The number of nitrogens with one attached hydrogen (secondary N) is 12. The van der Waals surface area contributed by atoms with Gasteiger partial charge < -0.3 is 63.8 Å². The first-order valence-electron chi connectivity index (χ1n) is 14.9. The molecule has 2 bridgehead atoms. The Balaban J connectivity index is 2.08. The van der Waals surface area contributed by atoms with Crippen LogP contribution in [0.25, 0.3) is 0 Å². The van der Waals surface area contributed by atoms with Gasteiger partial charge in [0.05, 0.1) is 0 Å². The maximum absolute atomic E-state index is 12.2. The monoisotopic (exact) mass is 628 g/mol. The van der Waals surface area contributed by atoms with Crippen LogP contribution in [0, 0.1) is 0 Å². The summed E-state index contributed by atoms with van der Waals surface area (Å²) in [5.74, 6) is 0. The quantitative estimate of drug-likeness (QED) is 0.124. The van der Waals surface area contributed by atoms with Crippen LogP contribution in [-0.2, 0) is 0 Å². The van der Waals surface area contributed by atoms with Crippen molar-refractivity contribution in [3.63, 3.8) is 0 Å². The van der Waals surface area contributed by atoms with Crippen molar-refractivity contribution in [1.29, 1.82) is 0 Å². The van der Waals surface area contributed by atoms with E-state index in [0.29, 0.717) is 78.5 Å². The molecule has 0 aromatic rings. The minimum Gasteiger partial charge on any atom is -0.337 e. The lowest BCUT2D eigenvalue weighted by Crippen LogP contribution is -2.49. The Morgan fingerprint density at radius 2 is 0.386 bits per heavy atom. The molecule has 3 rings (SSSR count). The van der Waals surface area contributed by atoms with Crippen LogP contribution < -0.4 is 63.8 Å². The number of hydrogen-bond acceptors (Lipinski definition) is 8. The highest BCUT2D eigenvalue weighted by molar-refractivity contribution is 5.76. The van der Waals surface area contributed by atoms with Gasteiger partial charge in [-0.3, -0.25) is 9.80 Å². The SMILES string of the molecule is O=C1NCCNC(=O)NCCN2CCNC(=O)NCCNC(=O)NCCN(CCN1)CCNC(=O)NCCNC(=O)NCC2. The minimum absolute atomic E-state index is 0.217. The van der Waals surface area contributed by atoms with Crippen molar-refractivity contribution in [2.45, 2.75) is 0 Å². The van der Waals surface area contributed by atoms with Gasteiger partial charge in [-0.25, -0.2) is 28.8 Å². The lowest BCUT2D eigenvalue weighted by Gasteiger charge is -2.23. The summed E-state index contributed by atoms with van der Waals surface area (Å²) >= 11 is 0. The summed E-state index contributed by atoms with van der Waals surface area (Å²) in [6.45, 7) is 5.75. The van der Waals surface area contributed by atoms with Crippen LogP contribution in [0.15, 0.2) is 0 Å². The van der Waals surface area contributed by atoms with Gasteiger partial charge in [-0.1, -0.05) is 0 Å². The number of amides is 12. The van der Waals surface area contributed by atoms with E-state index in [9.17, 15) is 28.8 Å². The number of rotatable bonds is 0. The van der Waals surface area contributed by atoms with E-state index in [4.69, 9.17) is 0 Å². The van der Waals surface area contributed by atoms with Gasteiger partial charge in [0.15, 0.2) is 0 Å². The molecule has 20 nitrogen and oxygen atoms in total. The first-order valence-corrected chi connectivity index (χ1v) is 14.9. The molecule has 0 spiro atoms. The van der Waals surface area contributed by atoms with E-state index in [1.165, 1.54) is 0 Å². The normalized spacial score (nSPS) is 24.3. The predicted molar refractivity (Wildman–Crippen MR) is 161 cm³/mol. The van der Waals surface area contributed by atoms with E-state index >= 15 is 0 Å². The molecule has 3 aliphatic heterocycles. The zero-order chi connectivity index (χ0) is 31.8. The molecule has 0 unspecified atom stereocenters. The Morgan fingerprint density at radius 1 is 0.250 bits per heavy atom. The summed E-state index contributed by atoms with van der Waals surface area (Å²) in [5, 5.41) is 32.6. The lowest BCUT2D eigenvalue weighted by atomic mass is 10.4. The standard InChI is InChI=1S/C24H48N14O6/c39-19-25-1-2-26-20(40)32-8-14-38-17-11-35-23(43)29-5-3-27-21(41)33-9-15-37(13-7-31-19)16-10-34-22(42)28-4-6-30-24(44)36-12-18-38/h1-18H2,(H2,25,31,39)(H2,26,32,40)(H2,27,33,41)(H2,28,34,42)(H2,29,35,43)(H2,30,36,44). The summed E-state index contributed by atoms with van der Waals surface area (Å²) in [5.41, 5.74) is 0. The second-order valence-corrected chi connectivity index (χ2v) is 9.78. The number of urea groups is 6. The van der Waals surface area contributed by atoms with Gasteiger partial charge in [-0.2, -0.15) is 0 Å². The number of fused-ring (bicyclic) bond motifs is 33. The predicted octanol–water partition coefficient (Wildman–Crippen LogP) is -4.59. The molecule has 12 amide bonds. The van der Waals surface area contributed by atoms with Crippen molar-refractivity contribution >= 4 is 36.2 Å². The molecule has 3 saturated heterocycles. The number of carbonyl (C=O) groups excluding carboxylic acids is 6. The lowest BCUT2D eigenvalue weighted by molar-refractivity contribution is 0.223. The minimum atomic E-state index is -0.387. The zero-order valence-corrected chi connectivity index (χ0v) is 25.1. The van der Waals surface area contributed by atoms with Crippen molar-refractivity contribution in [2.75, 3.05) is 118 Å². The fourth-order valence-electron chi connectivity index (χ4n) is 4.07. The number of carbonyl (C=O) groups is 6. The highest BCUT2D eigenvalue weighted by atomic mass is 16.2. The summed E-state index contributed by atoms with van der Waals surface area (Å²) < 4.78 is 0. The smallest absolute Gasteiger partial charge is 0.314 e. The molecule has 3 aliphatic rings. The Kier molecular flexibility index (Phi) is 18.0. The van der Waals surface area contributed by atoms with Crippen molar-refractivity contribution in [3.8, 4) is 0 Å². The maximum atomic E-state index is 12.2. The highest BCUT2D eigenvalue weighted by Crippen LogP contribution is 1.88. The van der Waals surface area contributed by atoms with Crippen molar-refractivity contribution in [2.24, 2.45) is 0 Å². The second-order valence-electron chi connectivity index (χ2n) is 9.78. The van der Waals surface area contributed by atoms with Crippen molar-refractivity contribution in [1.82, 2.24) is 73.6 Å². The Labute approximate surface area is 256 Å². The molecule has 44 heavy (non-hydrogen) atoms. The van der Waals surface area contributed by atoms with Gasteiger partial charge in [0.1, 0.15) is 0 Å². The van der Waals surface area contributed by atoms with E-state index in [1.807, 2.05) is 9.80 Å². The molecule has 0 saturated carbocycles. The van der Waals surface area contributed by atoms with Gasteiger partial charge >= 0.3 is 36.2 Å². The summed E-state index contributed by atoms with van der Waals surface area (Å²) in [6.07, 6.45) is 0. The van der Waals surface area contributed by atoms with Gasteiger partial charge in [-0.05, 0) is 0 Å².